The number of rotatable bonds is 5. The fraction of sp³-hybridized carbons (Fsp3) is 0.300. The van der Waals surface area contributed by atoms with E-state index in [2.05, 4.69) is 39.1 Å². The Labute approximate surface area is 152 Å². The number of nitrogens with zero attached hydrogens (tertiary/aromatic N) is 2. The van der Waals surface area contributed by atoms with Crippen LogP contribution >= 0.6 is 0 Å². The van der Waals surface area contributed by atoms with Crippen LogP contribution in [-0.4, -0.2) is 40.0 Å². The Morgan fingerprint density at radius 3 is 2.81 bits per heavy atom. The fourth-order valence-electron chi connectivity index (χ4n) is 3.46. The lowest BCUT2D eigenvalue weighted by atomic mass is 10.1. The summed E-state index contributed by atoms with van der Waals surface area (Å²) >= 11 is 0. The van der Waals surface area contributed by atoms with E-state index in [-0.39, 0.29) is 11.8 Å². The standard InChI is InChI=1S/C20H22N4O2/c21-20(25)19-12-17(5-8-22-19)26-16-6-9-24(10-7-16)13-15-11-14-3-1-2-4-18(14)23-15/h1-5,8,11-12,16,23H,6-7,9-10,13H2,(H2,21,25). The SMILES string of the molecule is NC(=O)c1cc(OC2CCN(Cc3cc4ccccc4[nH]3)CC2)ccn1. The minimum Gasteiger partial charge on any atom is -0.490 e. The summed E-state index contributed by atoms with van der Waals surface area (Å²) in [5.74, 6) is 0.117. The van der Waals surface area contributed by atoms with Crippen LogP contribution in [0.1, 0.15) is 29.0 Å². The highest BCUT2D eigenvalue weighted by Gasteiger charge is 2.21. The maximum Gasteiger partial charge on any atom is 0.267 e. The van der Waals surface area contributed by atoms with E-state index in [1.807, 2.05) is 6.07 Å². The maximum absolute atomic E-state index is 11.2. The molecule has 4 rings (SSSR count). The lowest BCUT2D eigenvalue weighted by Crippen LogP contribution is -2.37. The topological polar surface area (TPSA) is 84.2 Å². The van der Waals surface area contributed by atoms with Gasteiger partial charge in [-0.05, 0) is 36.4 Å². The van der Waals surface area contributed by atoms with Gasteiger partial charge < -0.3 is 15.5 Å². The van der Waals surface area contributed by atoms with Crippen LogP contribution < -0.4 is 10.5 Å². The monoisotopic (exact) mass is 350 g/mol. The number of carbonyl (C=O) groups excluding carboxylic acids is 1. The number of aromatic nitrogens is 2. The first kappa shape index (κ1) is 16.6. The van der Waals surface area contributed by atoms with Crippen LogP contribution in [0.25, 0.3) is 10.9 Å². The first-order valence-electron chi connectivity index (χ1n) is 8.89. The number of pyridine rings is 1. The number of para-hydroxylation sites is 1. The van der Waals surface area contributed by atoms with Crippen molar-refractivity contribution in [3.8, 4) is 5.75 Å². The molecule has 1 aromatic carbocycles. The fourth-order valence-corrected chi connectivity index (χ4v) is 3.46. The van der Waals surface area contributed by atoms with Crippen molar-refractivity contribution in [2.75, 3.05) is 13.1 Å². The number of carbonyl (C=O) groups is 1. The molecule has 1 amide bonds. The highest BCUT2D eigenvalue weighted by atomic mass is 16.5. The molecule has 2 aromatic heterocycles. The van der Waals surface area contributed by atoms with Gasteiger partial charge in [-0.3, -0.25) is 14.7 Å². The molecule has 6 nitrogen and oxygen atoms in total. The molecule has 0 bridgehead atoms. The highest BCUT2D eigenvalue weighted by molar-refractivity contribution is 5.91. The van der Waals surface area contributed by atoms with Gasteiger partial charge in [0, 0.05) is 43.1 Å². The molecule has 134 valence electrons. The van der Waals surface area contributed by atoms with Gasteiger partial charge in [-0.15, -0.1) is 0 Å². The van der Waals surface area contributed by atoms with Gasteiger partial charge in [0.1, 0.15) is 17.5 Å². The van der Waals surface area contributed by atoms with E-state index in [0.717, 1.165) is 32.5 Å². The Balaban J connectivity index is 1.32. The number of H-pyrrole nitrogens is 1. The summed E-state index contributed by atoms with van der Waals surface area (Å²) < 4.78 is 6.01. The van der Waals surface area contributed by atoms with Crippen LogP contribution in [0.4, 0.5) is 0 Å². The summed E-state index contributed by atoms with van der Waals surface area (Å²) in [6.45, 7) is 2.88. The van der Waals surface area contributed by atoms with Crippen LogP contribution in [-0.2, 0) is 6.54 Å². The molecule has 0 saturated carbocycles. The quantitative estimate of drug-likeness (QED) is 0.741. The number of amides is 1. The van der Waals surface area contributed by atoms with Crippen LogP contribution in [0.5, 0.6) is 5.75 Å². The molecule has 3 N–H and O–H groups in total. The Hall–Kier alpha value is -2.86. The minimum absolute atomic E-state index is 0.150. The molecule has 3 aromatic rings. The van der Waals surface area contributed by atoms with E-state index in [1.165, 1.54) is 16.6 Å². The van der Waals surface area contributed by atoms with Gasteiger partial charge in [0.25, 0.3) is 5.91 Å². The lowest BCUT2D eigenvalue weighted by Gasteiger charge is -2.31. The van der Waals surface area contributed by atoms with Crippen molar-refractivity contribution in [3.63, 3.8) is 0 Å². The number of ether oxygens (including phenoxy) is 1. The molecule has 1 aliphatic rings. The number of nitrogens with two attached hydrogens (primary N) is 1. The van der Waals surface area contributed by atoms with E-state index < -0.39 is 5.91 Å². The van der Waals surface area contributed by atoms with E-state index in [9.17, 15) is 4.79 Å². The second-order valence-corrected chi connectivity index (χ2v) is 6.72. The molecule has 1 aliphatic heterocycles. The summed E-state index contributed by atoms with van der Waals surface area (Å²) in [6.07, 6.45) is 3.61. The summed E-state index contributed by atoms with van der Waals surface area (Å²) in [4.78, 5) is 21.1. The second kappa shape index (κ2) is 7.17. The third kappa shape index (κ3) is 3.70. The zero-order valence-electron chi connectivity index (χ0n) is 14.5. The molecule has 6 heteroatoms. The average molecular weight is 350 g/mol. The van der Waals surface area contributed by atoms with Crippen molar-refractivity contribution in [1.82, 2.24) is 14.9 Å². The number of hydrogen-bond donors (Lipinski definition) is 2. The number of fused-ring (bicyclic) bond motifs is 1. The number of benzene rings is 1. The van der Waals surface area contributed by atoms with Crippen molar-refractivity contribution in [1.29, 1.82) is 0 Å². The Morgan fingerprint density at radius 2 is 2.04 bits per heavy atom. The number of aromatic amines is 1. The lowest BCUT2D eigenvalue weighted by molar-refractivity contribution is 0.0949. The Morgan fingerprint density at radius 1 is 1.23 bits per heavy atom. The molecule has 1 fully saturated rings. The molecule has 0 aliphatic carbocycles. The van der Waals surface area contributed by atoms with Gasteiger partial charge in [-0.2, -0.15) is 0 Å². The van der Waals surface area contributed by atoms with E-state index in [1.54, 1.807) is 18.3 Å². The molecule has 0 radical (unpaired) electrons. The van der Waals surface area contributed by atoms with Crippen LogP contribution in [0.2, 0.25) is 0 Å². The molecule has 0 atom stereocenters. The van der Waals surface area contributed by atoms with Gasteiger partial charge in [0.05, 0.1) is 0 Å². The Bertz CT molecular complexity index is 880. The molecule has 0 spiro atoms. The third-order valence-corrected chi connectivity index (χ3v) is 4.80. The molecular weight excluding hydrogens is 328 g/mol. The number of primary amides is 1. The van der Waals surface area contributed by atoms with Gasteiger partial charge in [0.15, 0.2) is 0 Å². The van der Waals surface area contributed by atoms with Crippen molar-refractivity contribution >= 4 is 16.8 Å². The zero-order valence-corrected chi connectivity index (χ0v) is 14.5. The molecular formula is C20H22N4O2. The zero-order chi connectivity index (χ0) is 17.9. The molecule has 0 unspecified atom stereocenters. The van der Waals surface area contributed by atoms with Crippen molar-refractivity contribution in [2.24, 2.45) is 5.73 Å². The number of hydrogen-bond acceptors (Lipinski definition) is 4. The predicted molar refractivity (Wildman–Crippen MR) is 100.0 cm³/mol. The van der Waals surface area contributed by atoms with Gasteiger partial charge in [-0.25, -0.2) is 0 Å². The largest absolute Gasteiger partial charge is 0.490 e. The normalized spacial score (nSPS) is 16.0. The second-order valence-electron chi connectivity index (χ2n) is 6.72. The molecule has 1 saturated heterocycles. The van der Waals surface area contributed by atoms with E-state index >= 15 is 0 Å². The maximum atomic E-state index is 11.2. The predicted octanol–water partition coefficient (Wildman–Crippen LogP) is 2.71. The summed E-state index contributed by atoms with van der Waals surface area (Å²) in [5, 5.41) is 1.25. The van der Waals surface area contributed by atoms with Gasteiger partial charge in [-0.1, -0.05) is 18.2 Å². The van der Waals surface area contributed by atoms with Crippen LogP contribution in [0.3, 0.4) is 0 Å². The third-order valence-electron chi connectivity index (χ3n) is 4.80. The first-order chi connectivity index (χ1) is 12.7. The molecule has 3 heterocycles. The van der Waals surface area contributed by atoms with Crippen molar-refractivity contribution < 1.29 is 9.53 Å². The molecule has 26 heavy (non-hydrogen) atoms. The summed E-state index contributed by atoms with van der Waals surface area (Å²) in [7, 11) is 0. The number of likely N-dealkylation sites (tertiary alicyclic amines) is 1. The van der Waals surface area contributed by atoms with E-state index in [0.29, 0.717) is 5.75 Å². The first-order valence-corrected chi connectivity index (χ1v) is 8.89. The average Bonchev–Trinajstić information content (AvgIpc) is 3.06. The van der Waals surface area contributed by atoms with E-state index in [4.69, 9.17) is 10.5 Å². The number of nitrogens with one attached hydrogen (secondary N) is 1. The van der Waals surface area contributed by atoms with Gasteiger partial charge >= 0.3 is 0 Å². The smallest absolute Gasteiger partial charge is 0.267 e. The Kier molecular flexibility index (Phi) is 4.58. The van der Waals surface area contributed by atoms with Gasteiger partial charge in [0.2, 0.25) is 0 Å². The summed E-state index contributed by atoms with van der Waals surface area (Å²) in [6, 6.07) is 13.9. The van der Waals surface area contributed by atoms with Crippen molar-refractivity contribution in [2.45, 2.75) is 25.5 Å². The summed E-state index contributed by atoms with van der Waals surface area (Å²) in [5.41, 5.74) is 7.93. The van der Waals surface area contributed by atoms with Crippen LogP contribution in [0.15, 0.2) is 48.7 Å². The minimum atomic E-state index is -0.538. The van der Waals surface area contributed by atoms with Crippen molar-refractivity contribution in [3.05, 3.63) is 60.0 Å². The number of piperidine rings is 1. The highest BCUT2D eigenvalue weighted by Crippen LogP contribution is 2.21. The van der Waals surface area contributed by atoms with Crippen LogP contribution in [0, 0.1) is 0 Å².